The summed E-state index contributed by atoms with van der Waals surface area (Å²) in [5, 5.41) is 12.7. The van der Waals surface area contributed by atoms with E-state index < -0.39 is 6.10 Å². The molecule has 0 saturated carbocycles. The van der Waals surface area contributed by atoms with Gasteiger partial charge >= 0.3 is 0 Å². The fourth-order valence-electron chi connectivity index (χ4n) is 2.11. The highest BCUT2D eigenvalue weighted by molar-refractivity contribution is 5.76. The third kappa shape index (κ3) is 6.68. The van der Waals surface area contributed by atoms with Crippen molar-refractivity contribution in [3.05, 3.63) is 35.9 Å². The van der Waals surface area contributed by atoms with Crippen molar-refractivity contribution in [3.63, 3.8) is 0 Å². The summed E-state index contributed by atoms with van der Waals surface area (Å²) >= 11 is 0. The number of carbonyl (C=O) groups excluding carboxylic acids is 1. The van der Waals surface area contributed by atoms with Gasteiger partial charge in [0.05, 0.1) is 12.5 Å². The van der Waals surface area contributed by atoms with Crippen LogP contribution in [0.25, 0.3) is 0 Å². The maximum atomic E-state index is 11.7. The van der Waals surface area contributed by atoms with Crippen LogP contribution in [0.4, 0.5) is 0 Å². The SMILES string of the molecule is CC(C)C[C@H](N)[C@@H](O)CC(=O)NCCc1ccccc1. The van der Waals surface area contributed by atoms with Crippen LogP contribution in [0.2, 0.25) is 0 Å². The summed E-state index contributed by atoms with van der Waals surface area (Å²) < 4.78 is 0. The molecule has 0 saturated heterocycles. The molecule has 0 heterocycles. The van der Waals surface area contributed by atoms with Crippen LogP contribution in [0, 0.1) is 5.92 Å². The third-order valence-electron chi connectivity index (χ3n) is 3.21. The van der Waals surface area contributed by atoms with E-state index >= 15 is 0 Å². The third-order valence-corrected chi connectivity index (χ3v) is 3.21. The van der Waals surface area contributed by atoms with Gasteiger partial charge in [0.1, 0.15) is 0 Å². The van der Waals surface area contributed by atoms with Crippen LogP contribution in [0.1, 0.15) is 32.3 Å². The summed E-state index contributed by atoms with van der Waals surface area (Å²) in [7, 11) is 0. The molecular formula is C16H26N2O2. The topological polar surface area (TPSA) is 75.3 Å². The van der Waals surface area contributed by atoms with Gasteiger partial charge in [-0.1, -0.05) is 44.2 Å². The molecule has 0 unspecified atom stereocenters. The standard InChI is InChI=1S/C16H26N2O2/c1-12(2)10-14(17)15(19)11-16(20)18-9-8-13-6-4-3-5-7-13/h3-7,12,14-15,19H,8-11,17H2,1-2H3,(H,18,20)/t14-,15-/m0/s1. The summed E-state index contributed by atoms with van der Waals surface area (Å²) in [6.07, 6.45) is 0.816. The molecule has 0 aliphatic heterocycles. The van der Waals surface area contributed by atoms with E-state index in [0.29, 0.717) is 12.5 Å². The summed E-state index contributed by atoms with van der Waals surface area (Å²) in [5.74, 6) is 0.272. The second-order valence-corrected chi connectivity index (χ2v) is 5.65. The Kier molecular flexibility index (Phi) is 7.26. The fourth-order valence-corrected chi connectivity index (χ4v) is 2.11. The van der Waals surface area contributed by atoms with Crippen molar-refractivity contribution >= 4 is 5.91 Å². The molecule has 0 fully saturated rings. The monoisotopic (exact) mass is 278 g/mol. The Morgan fingerprint density at radius 3 is 2.55 bits per heavy atom. The fraction of sp³-hybridized carbons (Fsp3) is 0.562. The zero-order valence-electron chi connectivity index (χ0n) is 12.4. The lowest BCUT2D eigenvalue weighted by molar-refractivity contribution is -0.123. The average molecular weight is 278 g/mol. The van der Waals surface area contributed by atoms with Crippen molar-refractivity contribution in [1.29, 1.82) is 0 Å². The molecular weight excluding hydrogens is 252 g/mol. The highest BCUT2D eigenvalue weighted by atomic mass is 16.3. The van der Waals surface area contributed by atoms with Gasteiger partial charge in [-0.25, -0.2) is 0 Å². The Hall–Kier alpha value is -1.39. The highest BCUT2D eigenvalue weighted by Crippen LogP contribution is 2.08. The number of benzene rings is 1. The molecule has 112 valence electrons. The number of aliphatic hydroxyl groups excluding tert-OH is 1. The van der Waals surface area contributed by atoms with E-state index in [2.05, 4.69) is 5.32 Å². The number of amides is 1. The molecule has 0 aromatic heterocycles. The van der Waals surface area contributed by atoms with Crippen molar-refractivity contribution in [3.8, 4) is 0 Å². The molecule has 0 radical (unpaired) electrons. The summed E-state index contributed by atoms with van der Waals surface area (Å²) in [4.78, 5) is 11.7. The van der Waals surface area contributed by atoms with Crippen LogP contribution in [-0.2, 0) is 11.2 Å². The van der Waals surface area contributed by atoms with Crippen LogP contribution in [0.3, 0.4) is 0 Å². The van der Waals surface area contributed by atoms with Gasteiger partial charge in [-0.15, -0.1) is 0 Å². The number of aliphatic hydroxyl groups is 1. The van der Waals surface area contributed by atoms with Gasteiger partial charge in [0.25, 0.3) is 0 Å². The number of carbonyl (C=O) groups is 1. The first-order valence-electron chi connectivity index (χ1n) is 7.23. The number of hydrogen-bond donors (Lipinski definition) is 3. The van der Waals surface area contributed by atoms with Crippen LogP contribution in [0.15, 0.2) is 30.3 Å². The predicted octanol–water partition coefficient (Wildman–Crippen LogP) is 1.47. The zero-order chi connectivity index (χ0) is 15.0. The summed E-state index contributed by atoms with van der Waals surface area (Å²) in [6.45, 7) is 4.67. The first-order chi connectivity index (χ1) is 9.49. The van der Waals surface area contributed by atoms with Crippen LogP contribution < -0.4 is 11.1 Å². The van der Waals surface area contributed by atoms with Crippen molar-refractivity contribution < 1.29 is 9.90 Å². The van der Waals surface area contributed by atoms with E-state index in [0.717, 1.165) is 12.8 Å². The predicted molar refractivity (Wildman–Crippen MR) is 81.2 cm³/mol. The second-order valence-electron chi connectivity index (χ2n) is 5.65. The minimum Gasteiger partial charge on any atom is -0.391 e. The Morgan fingerprint density at radius 2 is 1.95 bits per heavy atom. The zero-order valence-corrected chi connectivity index (χ0v) is 12.4. The smallest absolute Gasteiger partial charge is 0.222 e. The van der Waals surface area contributed by atoms with Crippen molar-refractivity contribution in [1.82, 2.24) is 5.32 Å². The van der Waals surface area contributed by atoms with Crippen molar-refractivity contribution in [2.24, 2.45) is 11.7 Å². The maximum Gasteiger partial charge on any atom is 0.222 e. The molecule has 0 aliphatic carbocycles. The molecule has 1 aromatic carbocycles. The molecule has 4 heteroatoms. The molecule has 1 rings (SSSR count). The second kappa shape index (κ2) is 8.72. The van der Waals surface area contributed by atoms with E-state index in [1.54, 1.807) is 0 Å². The van der Waals surface area contributed by atoms with Gasteiger partial charge in [-0.3, -0.25) is 4.79 Å². The average Bonchev–Trinajstić information content (AvgIpc) is 2.39. The van der Waals surface area contributed by atoms with Gasteiger partial charge in [0.15, 0.2) is 0 Å². The molecule has 20 heavy (non-hydrogen) atoms. The number of hydrogen-bond acceptors (Lipinski definition) is 3. The molecule has 1 amide bonds. The van der Waals surface area contributed by atoms with E-state index in [-0.39, 0.29) is 18.4 Å². The molecule has 2 atom stereocenters. The van der Waals surface area contributed by atoms with Crippen molar-refractivity contribution in [2.45, 2.75) is 45.3 Å². The molecule has 0 spiro atoms. The quantitative estimate of drug-likeness (QED) is 0.674. The molecule has 4 N–H and O–H groups in total. The van der Waals surface area contributed by atoms with E-state index in [1.807, 2.05) is 44.2 Å². The van der Waals surface area contributed by atoms with Crippen molar-refractivity contribution in [2.75, 3.05) is 6.54 Å². The first kappa shape index (κ1) is 16.7. The number of rotatable bonds is 8. The summed E-state index contributed by atoms with van der Waals surface area (Å²) in [5.41, 5.74) is 7.04. The maximum absolute atomic E-state index is 11.7. The Balaban J connectivity index is 2.23. The van der Waals surface area contributed by atoms with Gasteiger partial charge in [-0.2, -0.15) is 0 Å². The Morgan fingerprint density at radius 1 is 1.30 bits per heavy atom. The molecule has 0 aliphatic rings. The largest absolute Gasteiger partial charge is 0.391 e. The Labute approximate surface area is 121 Å². The minimum absolute atomic E-state index is 0.0721. The molecule has 0 bridgehead atoms. The Bertz CT molecular complexity index is 393. The lowest BCUT2D eigenvalue weighted by Gasteiger charge is -2.20. The minimum atomic E-state index is -0.769. The molecule has 4 nitrogen and oxygen atoms in total. The van der Waals surface area contributed by atoms with E-state index in [1.165, 1.54) is 5.56 Å². The summed E-state index contributed by atoms with van der Waals surface area (Å²) in [6, 6.07) is 9.64. The lowest BCUT2D eigenvalue weighted by Crippen LogP contribution is -2.40. The van der Waals surface area contributed by atoms with Gasteiger partial charge in [-0.05, 0) is 24.3 Å². The number of nitrogens with one attached hydrogen (secondary N) is 1. The van der Waals surface area contributed by atoms with E-state index in [4.69, 9.17) is 5.73 Å². The lowest BCUT2D eigenvalue weighted by atomic mass is 9.98. The van der Waals surface area contributed by atoms with E-state index in [9.17, 15) is 9.90 Å². The van der Waals surface area contributed by atoms with Gasteiger partial charge in [0, 0.05) is 12.6 Å². The van der Waals surface area contributed by atoms with Crippen LogP contribution >= 0.6 is 0 Å². The highest BCUT2D eigenvalue weighted by Gasteiger charge is 2.19. The van der Waals surface area contributed by atoms with Crippen LogP contribution in [-0.4, -0.2) is 29.7 Å². The number of nitrogens with two attached hydrogens (primary N) is 1. The molecule has 1 aromatic rings. The normalized spacial score (nSPS) is 14.1. The van der Waals surface area contributed by atoms with Crippen LogP contribution in [0.5, 0.6) is 0 Å². The van der Waals surface area contributed by atoms with Gasteiger partial charge in [0.2, 0.25) is 5.91 Å². The first-order valence-corrected chi connectivity index (χ1v) is 7.23. The van der Waals surface area contributed by atoms with Gasteiger partial charge < -0.3 is 16.2 Å².